The molecule has 3 rings (SSSR count). The van der Waals surface area contributed by atoms with E-state index in [2.05, 4.69) is 4.99 Å². The second-order valence-electron chi connectivity index (χ2n) is 5.29. The van der Waals surface area contributed by atoms with Crippen molar-refractivity contribution in [1.29, 1.82) is 0 Å². The van der Waals surface area contributed by atoms with Crippen LogP contribution in [0.15, 0.2) is 58.8 Å². The molecule has 0 saturated carbocycles. The van der Waals surface area contributed by atoms with Gasteiger partial charge in [0.2, 0.25) is 5.78 Å². The first-order valence-electron chi connectivity index (χ1n) is 7.30. The molecule has 8 heteroatoms. The van der Waals surface area contributed by atoms with Crippen LogP contribution in [0.5, 0.6) is 0 Å². The highest BCUT2D eigenvalue weighted by Gasteiger charge is 2.33. The van der Waals surface area contributed by atoms with Crippen molar-refractivity contribution >= 4 is 58.0 Å². The Hall–Kier alpha value is -2.34. The summed E-state index contributed by atoms with van der Waals surface area (Å²) in [6, 6.07) is 10.6. The Morgan fingerprint density at radius 1 is 1.04 bits per heavy atom. The average Bonchev–Trinajstić information content (AvgIpc) is 2.98. The Kier molecular flexibility index (Phi) is 5.32. The van der Waals surface area contributed by atoms with Crippen molar-refractivity contribution in [2.45, 2.75) is 0 Å². The van der Waals surface area contributed by atoms with E-state index in [0.717, 1.165) is 0 Å². The molecule has 0 amide bonds. The maximum Gasteiger partial charge on any atom is 0.344 e. The van der Waals surface area contributed by atoms with Crippen LogP contribution in [0, 0.1) is 0 Å². The molecular formula is C18H10Cl3NO4. The van der Waals surface area contributed by atoms with Crippen LogP contribution >= 0.6 is 34.8 Å². The van der Waals surface area contributed by atoms with Gasteiger partial charge < -0.3 is 9.84 Å². The van der Waals surface area contributed by atoms with Crippen LogP contribution in [0.4, 0.5) is 5.69 Å². The van der Waals surface area contributed by atoms with Gasteiger partial charge in [-0.25, -0.2) is 9.79 Å². The number of benzene rings is 2. The quantitative estimate of drug-likeness (QED) is 0.335. The fraction of sp³-hybridized carbons (Fsp3) is 0.0556. The summed E-state index contributed by atoms with van der Waals surface area (Å²) in [5.41, 5.74) is 0.434. The van der Waals surface area contributed by atoms with E-state index >= 15 is 0 Å². The van der Waals surface area contributed by atoms with E-state index in [1.807, 2.05) is 0 Å². The molecule has 0 spiro atoms. The molecule has 1 fully saturated rings. The first-order valence-corrected chi connectivity index (χ1v) is 8.44. The van der Waals surface area contributed by atoms with E-state index < -0.39 is 17.5 Å². The average molecular weight is 411 g/mol. The third-order valence-corrected chi connectivity index (χ3v) is 4.55. The van der Waals surface area contributed by atoms with Gasteiger partial charge in [-0.2, -0.15) is 0 Å². The number of ether oxygens (including phenoxy) is 1. The number of Topliss-reactive ketones (excluding diaryl/α,β-unsaturated/α-hetero) is 1. The molecule has 1 saturated heterocycles. The number of allylic oxidation sites excluding steroid dienone is 1. The van der Waals surface area contributed by atoms with Crippen molar-refractivity contribution in [1.82, 2.24) is 0 Å². The van der Waals surface area contributed by atoms with Gasteiger partial charge in [0.05, 0.1) is 21.4 Å². The Morgan fingerprint density at radius 2 is 1.73 bits per heavy atom. The molecular weight excluding hydrogens is 401 g/mol. The summed E-state index contributed by atoms with van der Waals surface area (Å²) in [5, 5.41) is 11.3. The molecule has 26 heavy (non-hydrogen) atoms. The van der Waals surface area contributed by atoms with Gasteiger partial charge in [0.15, 0.2) is 5.76 Å². The number of hydrogen-bond acceptors (Lipinski definition) is 5. The van der Waals surface area contributed by atoms with Gasteiger partial charge in [0, 0.05) is 10.6 Å². The SMILES string of the molecule is O=C1OCC(=Nc2ccc(Cl)cc2)/C1=C(\O)C(=O)c1ccc(Cl)c(Cl)c1. The maximum atomic E-state index is 12.5. The fourth-order valence-corrected chi connectivity index (χ4v) is 2.70. The molecule has 0 atom stereocenters. The number of carbonyl (C=O) groups is 2. The number of nitrogens with zero attached hydrogens (tertiary/aromatic N) is 1. The zero-order chi connectivity index (χ0) is 18.8. The minimum absolute atomic E-state index is 0.0787. The number of carbonyl (C=O) groups excluding carboxylic acids is 2. The third-order valence-electron chi connectivity index (χ3n) is 3.56. The van der Waals surface area contributed by atoms with Gasteiger partial charge in [0.1, 0.15) is 12.2 Å². The number of halogens is 3. The summed E-state index contributed by atoms with van der Waals surface area (Å²) in [5.74, 6) is -2.39. The highest BCUT2D eigenvalue weighted by molar-refractivity contribution is 6.42. The van der Waals surface area contributed by atoms with Gasteiger partial charge in [-0.05, 0) is 42.5 Å². The standard InChI is InChI=1S/C18H10Cl3NO4/c19-10-2-4-11(5-3-10)22-14-8-26-18(25)15(14)17(24)16(23)9-1-6-12(20)13(21)7-9/h1-7,24H,8H2/b17-15+,22-14?. The van der Waals surface area contributed by atoms with Crippen molar-refractivity contribution < 1.29 is 19.4 Å². The predicted molar refractivity (Wildman–Crippen MR) is 100.0 cm³/mol. The minimum atomic E-state index is -0.830. The number of rotatable bonds is 3. The zero-order valence-corrected chi connectivity index (χ0v) is 15.3. The number of aliphatic imine (C=N–C) groups is 1. The fourth-order valence-electron chi connectivity index (χ4n) is 2.28. The summed E-state index contributed by atoms with van der Waals surface area (Å²) in [6.45, 7) is -0.157. The minimum Gasteiger partial charge on any atom is -0.503 e. The van der Waals surface area contributed by atoms with Crippen molar-refractivity contribution in [2.24, 2.45) is 4.99 Å². The van der Waals surface area contributed by atoms with Gasteiger partial charge in [-0.3, -0.25) is 4.79 Å². The Labute approximate surface area is 163 Å². The van der Waals surface area contributed by atoms with E-state index in [1.165, 1.54) is 18.2 Å². The molecule has 2 aromatic rings. The monoisotopic (exact) mass is 409 g/mol. The molecule has 0 aromatic heterocycles. The molecule has 1 heterocycles. The molecule has 0 bridgehead atoms. The molecule has 0 radical (unpaired) electrons. The molecule has 0 unspecified atom stereocenters. The molecule has 0 aliphatic carbocycles. The van der Waals surface area contributed by atoms with Crippen molar-refractivity contribution in [3.63, 3.8) is 0 Å². The molecule has 132 valence electrons. The number of aliphatic hydroxyl groups is 1. The van der Waals surface area contributed by atoms with Crippen LogP contribution in [-0.4, -0.2) is 29.2 Å². The Bertz CT molecular complexity index is 965. The first-order chi connectivity index (χ1) is 12.4. The lowest BCUT2D eigenvalue weighted by Gasteiger charge is -2.04. The van der Waals surface area contributed by atoms with Crippen molar-refractivity contribution in [2.75, 3.05) is 6.61 Å². The summed E-state index contributed by atoms with van der Waals surface area (Å²) >= 11 is 17.5. The summed E-state index contributed by atoms with van der Waals surface area (Å²) in [6.07, 6.45) is 0. The van der Waals surface area contributed by atoms with Crippen LogP contribution in [0.3, 0.4) is 0 Å². The first kappa shape index (κ1) is 18.5. The second-order valence-corrected chi connectivity index (χ2v) is 6.54. The molecule has 2 aromatic carbocycles. The van der Waals surface area contributed by atoms with Crippen LogP contribution in [0.2, 0.25) is 15.1 Å². The zero-order valence-electron chi connectivity index (χ0n) is 13.0. The highest BCUT2D eigenvalue weighted by Crippen LogP contribution is 2.26. The summed E-state index contributed by atoms with van der Waals surface area (Å²) < 4.78 is 4.91. The number of hydrogen-bond donors (Lipinski definition) is 1. The normalized spacial score (nSPS) is 17.3. The van der Waals surface area contributed by atoms with E-state index in [0.29, 0.717) is 10.7 Å². The van der Waals surface area contributed by atoms with Gasteiger partial charge >= 0.3 is 5.97 Å². The molecule has 1 N–H and O–H groups in total. The maximum absolute atomic E-state index is 12.5. The van der Waals surface area contributed by atoms with Crippen LogP contribution in [0.1, 0.15) is 10.4 Å². The van der Waals surface area contributed by atoms with E-state index in [9.17, 15) is 14.7 Å². The number of cyclic esters (lactones) is 1. The lowest BCUT2D eigenvalue weighted by Crippen LogP contribution is -2.13. The summed E-state index contributed by atoms with van der Waals surface area (Å²) in [4.78, 5) is 28.7. The number of ketones is 1. The smallest absolute Gasteiger partial charge is 0.344 e. The lowest BCUT2D eigenvalue weighted by molar-refractivity contribution is -0.135. The van der Waals surface area contributed by atoms with E-state index in [1.54, 1.807) is 24.3 Å². The largest absolute Gasteiger partial charge is 0.503 e. The van der Waals surface area contributed by atoms with Crippen LogP contribution in [0.25, 0.3) is 0 Å². The van der Waals surface area contributed by atoms with Gasteiger partial charge in [-0.15, -0.1) is 0 Å². The second kappa shape index (κ2) is 7.50. The van der Waals surface area contributed by atoms with Gasteiger partial charge in [-0.1, -0.05) is 34.8 Å². The van der Waals surface area contributed by atoms with Crippen molar-refractivity contribution in [3.8, 4) is 0 Å². The number of aliphatic hydroxyl groups excluding tert-OH is 1. The number of esters is 1. The summed E-state index contributed by atoms with van der Waals surface area (Å²) in [7, 11) is 0. The van der Waals surface area contributed by atoms with Crippen molar-refractivity contribution in [3.05, 3.63) is 74.4 Å². The third kappa shape index (κ3) is 3.75. The molecule has 1 aliphatic heterocycles. The van der Waals surface area contributed by atoms with Crippen LogP contribution in [-0.2, 0) is 9.53 Å². The topological polar surface area (TPSA) is 76.0 Å². The van der Waals surface area contributed by atoms with Crippen LogP contribution < -0.4 is 0 Å². The Balaban J connectivity index is 2.01. The van der Waals surface area contributed by atoms with E-state index in [-0.39, 0.29) is 33.5 Å². The highest BCUT2D eigenvalue weighted by atomic mass is 35.5. The van der Waals surface area contributed by atoms with E-state index in [4.69, 9.17) is 39.5 Å². The Morgan fingerprint density at radius 3 is 2.38 bits per heavy atom. The molecule has 1 aliphatic rings. The lowest BCUT2D eigenvalue weighted by atomic mass is 10.0. The predicted octanol–water partition coefficient (Wildman–Crippen LogP) is 4.97. The molecule has 5 nitrogen and oxygen atoms in total. The van der Waals surface area contributed by atoms with Gasteiger partial charge in [0.25, 0.3) is 0 Å².